The Bertz CT molecular complexity index is 379. The van der Waals surface area contributed by atoms with Gasteiger partial charge in [-0.2, -0.15) is 10.8 Å². The summed E-state index contributed by atoms with van der Waals surface area (Å²) >= 11 is 0. The molecule has 0 spiro atoms. The Labute approximate surface area is 86.3 Å². The highest BCUT2D eigenvalue weighted by Gasteiger charge is 2.23. The van der Waals surface area contributed by atoms with Crippen LogP contribution in [-0.2, 0) is 9.53 Å². The molecule has 7 heteroatoms. The van der Waals surface area contributed by atoms with Crippen molar-refractivity contribution in [3.8, 4) is 6.07 Å². The van der Waals surface area contributed by atoms with Crippen molar-refractivity contribution in [2.75, 3.05) is 13.7 Å². The fraction of sp³-hybridized carbons (Fsp3) is 0.250. The van der Waals surface area contributed by atoms with Crippen molar-refractivity contribution in [2.24, 2.45) is 10.3 Å². The molecule has 1 heterocycles. The molecule has 0 saturated carbocycles. The Hall–Kier alpha value is -2.36. The minimum Gasteiger partial charge on any atom is -0.465 e. The van der Waals surface area contributed by atoms with Crippen LogP contribution in [0.3, 0.4) is 0 Å². The molecule has 7 nitrogen and oxygen atoms in total. The zero-order chi connectivity index (χ0) is 11.3. The summed E-state index contributed by atoms with van der Waals surface area (Å²) in [5.41, 5.74) is 2.30. The molecule has 0 saturated heterocycles. The number of ether oxygens (including phenoxy) is 1. The van der Waals surface area contributed by atoms with Gasteiger partial charge in [0.05, 0.1) is 13.7 Å². The van der Waals surface area contributed by atoms with Crippen LogP contribution in [0.5, 0.6) is 0 Å². The highest BCUT2D eigenvalue weighted by molar-refractivity contribution is 5.93. The van der Waals surface area contributed by atoms with Crippen LogP contribution in [0.25, 0.3) is 0 Å². The van der Waals surface area contributed by atoms with E-state index in [-0.39, 0.29) is 11.4 Å². The lowest BCUT2D eigenvalue weighted by molar-refractivity contribution is -0.135. The number of hydrazine groups is 1. The van der Waals surface area contributed by atoms with E-state index in [2.05, 4.69) is 27.2 Å². The van der Waals surface area contributed by atoms with Gasteiger partial charge in [-0.05, 0) is 0 Å². The van der Waals surface area contributed by atoms with E-state index in [0.29, 0.717) is 6.54 Å². The molecule has 0 aliphatic carbocycles. The molecule has 15 heavy (non-hydrogen) atoms. The summed E-state index contributed by atoms with van der Waals surface area (Å²) in [6.45, 7) is 3.89. The van der Waals surface area contributed by atoms with Crippen LogP contribution in [0.1, 0.15) is 0 Å². The standard InChI is InChI=1S/C8H9N5O2/c1-3-4-13-7(10-11-12-13)6(5-9)8(14)15-2/h3H,1,4H2,2H3,(H,10,12)/b7-6+. The molecular formula is C8H9N5O2. The predicted molar refractivity (Wildman–Crippen MR) is 49.5 cm³/mol. The Kier molecular flexibility index (Phi) is 3.40. The van der Waals surface area contributed by atoms with Crippen LogP contribution in [0.15, 0.2) is 34.4 Å². The molecule has 0 aromatic rings. The highest BCUT2D eigenvalue weighted by Crippen LogP contribution is 2.15. The molecule has 1 aliphatic heterocycles. The molecule has 0 fully saturated rings. The summed E-state index contributed by atoms with van der Waals surface area (Å²) in [6, 6.07) is 1.72. The summed E-state index contributed by atoms with van der Waals surface area (Å²) in [4.78, 5) is 11.2. The zero-order valence-corrected chi connectivity index (χ0v) is 8.10. The minimum absolute atomic E-state index is 0.129. The lowest BCUT2D eigenvalue weighted by atomic mass is 10.3. The maximum Gasteiger partial charge on any atom is 0.352 e. The maximum atomic E-state index is 11.2. The minimum atomic E-state index is -0.746. The highest BCUT2D eigenvalue weighted by atomic mass is 16.5. The van der Waals surface area contributed by atoms with Crippen LogP contribution in [-0.4, -0.2) is 24.6 Å². The molecule has 0 unspecified atom stereocenters. The van der Waals surface area contributed by atoms with Gasteiger partial charge in [-0.3, -0.25) is 0 Å². The Morgan fingerprint density at radius 3 is 3.13 bits per heavy atom. The third-order valence-corrected chi connectivity index (χ3v) is 1.60. The second kappa shape index (κ2) is 4.76. The number of nitrogens with zero attached hydrogens (tertiary/aromatic N) is 4. The van der Waals surface area contributed by atoms with Gasteiger partial charge in [0.2, 0.25) is 0 Å². The van der Waals surface area contributed by atoms with Crippen LogP contribution in [0.4, 0.5) is 0 Å². The number of carbonyl (C=O) groups excluding carboxylic acids is 1. The Balaban J connectivity index is 3.04. The summed E-state index contributed by atoms with van der Waals surface area (Å²) in [7, 11) is 1.19. The molecule has 0 amide bonds. The van der Waals surface area contributed by atoms with E-state index in [9.17, 15) is 4.79 Å². The number of rotatable bonds is 3. The van der Waals surface area contributed by atoms with Gasteiger partial charge < -0.3 is 4.74 Å². The third kappa shape index (κ3) is 2.11. The zero-order valence-electron chi connectivity index (χ0n) is 8.10. The smallest absolute Gasteiger partial charge is 0.352 e. The van der Waals surface area contributed by atoms with E-state index >= 15 is 0 Å². The van der Waals surface area contributed by atoms with E-state index in [0.717, 1.165) is 0 Å². The van der Waals surface area contributed by atoms with Gasteiger partial charge in [-0.25, -0.2) is 9.80 Å². The number of esters is 1. The number of nitrogens with one attached hydrogen (secondary N) is 1. The van der Waals surface area contributed by atoms with E-state index in [1.165, 1.54) is 12.1 Å². The van der Waals surface area contributed by atoms with Crippen molar-refractivity contribution >= 4 is 5.97 Å². The molecule has 1 rings (SSSR count). The van der Waals surface area contributed by atoms with E-state index < -0.39 is 5.97 Å². The largest absolute Gasteiger partial charge is 0.465 e. The quantitative estimate of drug-likeness (QED) is 0.310. The van der Waals surface area contributed by atoms with Crippen molar-refractivity contribution in [1.29, 1.82) is 5.26 Å². The third-order valence-electron chi connectivity index (χ3n) is 1.60. The maximum absolute atomic E-state index is 11.2. The lowest BCUT2D eigenvalue weighted by Crippen LogP contribution is -2.30. The molecule has 0 aromatic heterocycles. The van der Waals surface area contributed by atoms with Crippen LogP contribution in [0, 0.1) is 11.3 Å². The summed E-state index contributed by atoms with van der Waals surface area (Å²) in [6.07, 6.45) is 1.58. The average molecular weight is 207 g/mol. The summed E-state index contributed by atoms with van der Waals surface area (Å²) < 4.78 is 4.44. The van der Waals surface area contributed by atoms with Crippen molar-refractivity contribution in [3.05, 3.63) is 24.0 Å². The van der Waals surface area contributed by atoms with Crippen LogP contribution in [0.2, 0.25) is 0 Å². The Morgan fingerprint density at radius 1 is 1.87 bits per heavy atom. The number of methoxy groups -OCH3 is 1. The lowest BCUT2D eigenvalue weighted by Gasteiger charge is -2.14. The summed E-state index contributed by atoms with van der Waals surface area (Å²) in [5, 5.41) is 17.3. The van der Waals surface area contributed by atoms with E-state index in [4.69, 9.17) is 5.26 Å². The van der Waals surface area contributed by atoms with Crippen molar-refractivity contribution < 1.29 is 9.53 Å². The molecule has 78 valence electrons. The fourth-order valence-corrected chi connectivity index (χ4v) is 0.955. The number of hydrogen-bond donors (Lipinski definition) is 1. The number of hydrogen-bond acceptors (Lipinski definition) is 7. The molecule has 0 bridgehead atoms. The summed E-state index contributed by atoms with van der Waals surface area (Å²) in [5.74, 6) is -0.617. The van der Waals surface area contributed by atoms with Crippen molar-refractivity contribution in [3.63, 3.8) is 0 Å². The SMILES string of the molecule is C=CCN1NN=N/C1=C(/C#N)C(=O)OC. The van der Waals surface area contributed by atoms with E-state index in [1.807, 2.05) is 0 Å². The molecule has 0 radical (unpaired) electrons. The first kappa shape index (κ1) is 10.7. The van der Waals surface area contributed by atoms with Gasteiger partial charge in [-0.15, -0.1) is 11.7 Å². The van der Waals surface area contributed by atoms with Crippen molar-refractivity contribution in [1.82, 2.24) is 10.5 Å². The first-order valence-electron chi connectivity index (χ1n) is 4.02. The molecule has 1 N–H and O–H groups in total. The first-order chi connectivity index (χ1) is 7.24. The molecule has 0 aromatic carbocycles. The van der Waals surface area contributed by atoms with Gasteiger partial charge in [0.25, 0.3) is 0 Å². The topological polar surface area (TPSA) is 90.1 Å². The van der Waals surface area contributed by atoms with Gasteiger partial charge in [-0.1, -0.05) is 11.3 Å². The predicted octanol–water partition coefficient (Wildman–Crippen LogP) is 0.268. The average Bonchev–Trinajstić information content (AvgIpc) is 2.68. The molecule has 0 atom stereocenters. The first-order valence-corrected chi connectivity index (χ1v) is 4.02. The fourth-order valence-electron chi connectivity index (χ4n) is 0.955. The van der Waals surface area contributed by atoms with Crippen LogP contribution < -0.4 is 5.53 Å². The second-order valence-corrected chi connectivity index (χ2v) is 2.50. The normalized spacial score (nSPS) is 16.7. The monoisotopic (exact) mass is 207 g/mol. The molecular weight excluding hydrogens is 198 g/mol. The van der Waals surface area contributed by atoms with Gasteiger partial charge in [0, 0.05) is 0 Å². The number of nitriles is 1. The molecule has 1 aliphatic rings. The Morgan fingerprint density at radius 2 is 2.60 bits per heavy atom. The van der Waals surface area contributed by atoms with Crippen LogP contribution >= 0.6 is 0 Å². The number of carbonyl (C=O) groups is 1. The van der Waals surface area contributed by atoms with Gasteiger partial charge in [0.15, 0.2) is 11.4 Å². The second-order valence-electron chi connectivity index (χ2n) is 2.50. The van der Waals surface area contributed by atoms with Gasteiger partial charge >= 0.3 is 5.97 Å². The van der Waals surface area contributed by atoms with Crippen molar-refractivity contribution in [2.45, 2.75) is 0 Å². The van der Waals surface area contributed by atoms with E-state index in [1.54, 1.807) is 12.1 Å². The van der Waals surface area contributed by atoms with Gasteiger partial charge in [0.1, 0.15) is 6.07 Å².